The molecular formula is C35H29Cl2N8O3S+. The normalized spacial score (nSPS) is 10.0. The molecule has 0 radical (unpaired) electrons. The molecule has 0 aliphatic rings. The lowest BCUT2D eigenvalue weighted by atomic mass is 10.1. The summed E-state index contributed by atoms with van der Waals surface area (Å²) in [6, 6.07) is 25.0. The Morgan fingerprint density at radius 2 is 1.47 bits per heavy atom. The molecule has 5 heterocycles. The van der Waals surface area contributed by atoms with Crippen molar-refractivity contribution in [2.24, 2.45) is 0 Å². The van der Waals surface area contributed by atoms with E-state index in [2.05, 4.69) is 27.1 Å². The fourth-order valence-electron chi connectivity index (χ4n) is 4.38. The second-order valence-corrected chi connectivity index (χ2v) is 12.2. The maximum Gasteiger partial charge on any atom is 0.295 e. The first-order valence-electron chi connectivity index (χ1n) is 14.1. The van der Waals surface area contributed by atoms with E-state index >= 15 is 0 Å². The number of aromatic nitrogens is 5. The van der Waals surface area contributed by atoms with Crippen molar-refractivity contribution in [3.63, 3.8) is 0 Å². The van der Waals surface area contributed by atoms with Crippen LogP contribution in [-0.2, 0) is 10.1 Å². The van der Waals surface area contributed by atoms with E-state index < -0.39 is 10.1 Å². The van der Waals surface area contributed by atoms with Crippen molar-refractivity contribution in [1.29, 1.82) is 10.5 Å². The van der Waals surface area contributed by atoms with Gasteiger partial charge >= 0.3 is 0 Å². The lowest BCUT2D eigenvalue weighted by molar-refractivity contribution is -0.638. The van der Waals surface area contributed by atoms with Crippen molar-refractivity contribution in [2.75, 3.05) is 5.84 Å². The van der Waals surface area contributed by atoms with Crippen LogP contribution in [0.3, 0.4) is 0 Å². The minimum Gasteiger partial charge on any atom is -0.282 e. The molecule has 0 aliphatic carbocycles. The van der Waals surface area contributed by atoms with Crippen LogP contribution < -0.4 is 10.5 Å². The number of terminal acetylenes is 1. The second kappa shape index (κ2) is 17.4. The summed E-state index contributed by atoms with van der Waals surface area (Å²) in [5.41, 5.74) is 6.37. The van der Waals surface area contributed by atoms with Gasteiger partial charge in [-0.1, -0.05) is 63.6 Å². The number of nitriles is 2. The zero-order chi connectivity index (χ0) is 36.1. The highest BCUT2D eigenvalue weighted by atomic mass is 35.5. The summed E-state index contributed by atoms with van der Waals surface area (Å²) in [6.07, 6.45) is 11.8. The second-order valence-electron chi connectivity index (χ2n) is 10.1. The Morgan fingerprint density at radius 3 is 1.98 bits per heavy atom. The third-order valence-corrected chi connectivity index (χ3v) is 7.93. The zero-order valence-electron chi connectivity index (χ0n) is 26.5. The zero-order valence-corrected chi connectivity index (χ0v) is 28.8. The number of pyridine rings is 4. The highest BCUT2D eigenvalue weighted by Gasteiger charge is 2.16. The summed E-state index contributed by atoms with van der Waals surface area (Å²) in [5.74, 6) is 7.66. The number of benzene rings is 1. The average molecular weight is 713 g/mol. The molecule has 5 aromatic heterocycles. The van der Waals surface area contributed by atoms with Gasteiger partial charge in [0.1, 0.15) is 16.0 Å². The third kappa shape index (κ3) is 11.1. The molecule has 6 aromatic rings. The van der Waals surface area contributed by atoms with Gasteiger partial charge in [-0.2, -0.15) is 24.0 Å². The number of fused-ring (bicyclic) bond motifs is 1. The van der Waals surface area contributed by atoms with Crippen LogP contribution in [0, 0.1) is 55.8 Å². The summed E-state index contributed by atoms with van der Waals surface area (Å²) < 4.78 is 33.9. The summed E-state index contributed by atoms with van der Waals surface area (Å²) in [6.45, 7) is 5.22. The Morgan fingerprint density at radius 1 is 0.878 bits per heavy atom. The number of nitrogen functional groups attached to an aromatic ring is 1. The Hall–Kier alpha value is -5.81. The van der Waals surface area contributed by atoms with Crippen molar-refractivity contribution in [2.45, 2.75) is 25.7 Å². The van der Waals surface area contributed by atoms with Gasteiger partial charge in [0.25, 0.3) is 10.1 Å². The van der Waals surface area contributed by atoms with Gasteiger partial charge in [0, 0.05) is 23.9 Å². The molecule has 0 fully saturated rings. The molecule has 0 bridgehead atoms. The molecule has 11 nitrogen and oxygen atoms in total. The Labute approximate surface area is 294 Å². The van der Waals surface area contributed by atoms with E-state index in [0.717, 1.165) is 22.3 Å². The highest BCUT2D eigenvalue weighted by molar-refractivity contribution is 7.86. The maximum atomic E-state index is 10.9. The SMILES string of the molecule is C#Cc1cccc(Cl)n1.Cc1cc(C)c(S(=O)(=O)O)c(C)c1.N#Cc1cc[n+](N)cc1.N#Cc1ccn2ncc(-c3cccc(Cl)n3)c2c1. The maximum absolute atomic E-state index is 10.9. The molecule has 0 aliphatic heterocycles. The van der Waals surface area contributed by atoms with Crippen molar-refractivity contribution in [1.82, 2.24) is 19.6 Å². The molecule has 6 rings (SSSR count). The predicted octanol–water partition coefficient (Wildman–Crippen LogP) is 6.06. The van der Waals surface area contributed by atoms with Crippen LogP contribution in [0.5, 0.6) is 0 Å². The molecule has 246 valence electrons. The fourth-order valence-corrected chi connectivity index (χ4v) is 5.64. The first-order valence-corrected chi connectivity index (χ1v) is 16.3. The highest BCUT2D eigenvalue weighted by Crippen LogP contribution is 2.24. The molecule has 0 saturated heterocycles. The lowest BCUT2D eigenvalue weighted by Gasteiger charge is -2.07. The molecule has 0 amide bonds. The predicted molar refractivity (Wildman–Crippen MR) is 187 cm³/mol. The largest absolute Gasteiger partial charge is 0.295 e. The van der Waals surface area contributed by atoms with Gasteiger partial charge in [0.2, 0.25) is 12.4 Å². The number of hydrogen-bond acceptors (Lipinski definition) is 8. The summed E-state index contributed by atoms with van der Waals surface area (Å²) in [4.78, 5) is 8.10. The molecule has 0 unspecified atom stereocenters. The number of aryl methyl sites for hydroxylation is 3. The topological polar surface area (TPSA) is 175 Å². The Balaban J connectivity index is 0.000000186. The van der Waals surface area contributed by atoms with Gasteiger partial charge in [-0.05, 0) is 68.3 Å². The molecule has 14 heteroatoms. The summed E-state index contributed by atoms with van der Waals surface area (Å²) in [7, 11) is -4.08. The molecule has 3 N–H and O–H groups in total. The number of hydrogen-bond donors (Lipinski definition) is 2. The summed E-state index contributed by atoms with van der Waals surface area (Å²) in [5, 5.41) is 22.3. The lowest BCUT2D eigenvalue weighted by Crippen LogP contribution is -2.43. The van der Waals surface area contributed by atoms with E-state index in [-0.39, 0.29) is 4.90 Å². The van der Waals surface area contributed by atoms with Gasteiger partial charge < -0.3 is 0 Å². The first-order chi connectivity index (χ1) is 23.2. The van der Waals surface area contributed by atoms with Gasteiger partial charge in [0.05, 0.1) is 45.6 Å². The van der Waals surface area contributed by atoms with Crippen molar-refractivity contribution >= 4 is 38.8 Å². The van der Waals surface area contributed by atoms with Crippen LogP contribution in [0.2, 0.25) is 10.3 Å². The van der Waals surface area contributed by atoms with E-state index in [4.69, 9.17) is 50.5 Å². The number of nitrogens with zero attached hydrogens (tertiary/aromatic N) is 7. The van der Waals surface area contributed by atoms with Crippen molar-refractivity contribution in [3.05, 3.63) is 141 Å². The van der Waals surface area contributed by atoms with Crippen LogP contribution >= 0.6 is 23.2 Å². The van der Waals surface area contributed by atoms with E-state index in [0.29, 0.717) is 38.3 Å². The van der Waals surface area contributed by atoms with Gasteiger partial charge in [-0.3, -0.25) is 4.55 Å². The van der Waals surface area contributed by atoms with E-state index in [1.165, 1.54) is 4.68 Å². The third-order valence-electron chi connectivity index (χ3n) is 6.35. The van der Waals surface area contributed by atoms with E-state index in [9.17, 15) is 8.42 Å². The standard InChI is InChI=1S/C13H7ClN4.C9H12O3S.C7H4ClN.C6H6N3/c14-13-3-1-2-11(17-13)10-8-16-18-5-4-9(7-15)6-12(10)18;1-6-4-7(2)9(8(3)5-6)13(10,11)12;1-2-6-4-3-5-7(8)9-6;7-5-6-1-3-9(8)4-2-6/h1-6,8H;4-5H,1-3H3,(H,10,11,12);1,3-5H;1-4H,8H2/q;;;+1. The Bertz CT molecular complexity index is 2300. The monoisotopic (exact) mass is 711 g/mol. The quantitative estimate of drug-likeness (QED) is 0.0711. The van der Waals surface area contributed by atoms with E-state index in [1.807, 2.05) is 25.1 Å². The first kappa shape index (κ1) is 37.6. The number of halogens is 2. The minimum atomic E-state index is -4.08. The molecule has 0 spiro atoms. The van der Waals surface area contributed by atoms with Crippen LogP contribution in [0.15, 0.2) is 102 Å². The van der Waals surface area contributed by atoms with Crippen molar-refractivity contribution < 1.29 is 17.6 Å². The Kier molecular flexibility index (Phi) is 13.3. The van der Waals surface area contributed by atoms with E-state index in [1.54, 1.807) is 104 Å². The number of nitrogens with two attached hydrogens (primary N) is 1. The summed E-state index contributed by atoms with van der Waals surface area (Å²) >= 11 is 11.4. The van der Waals surface area contributed by atoms with Crippen LogP contribution in [0.4, 0.5) is 0 Å². The van der Waals surface area contributed by atoms with Gasteiger partial charge in [0.15, 0.2) is 0 Å². The average Bonchev–Trinajstić information content (AvgIpc) is 3.48. The minimum absolute atomic E-state index is 0.0260. The van der Waals surface area contributed by atoms with Crippen LogP contribution in [0.25, 0.3) is 16.8 Å². The fraction of sp³-hybridized carbons (Fsp3) is 0.0857. The molecule has 49 heavy (non-hydrogen) atoms. The van der Waals surface area contributed by atoms with Crippen LogP contribution in [-0.4, -0.2) is 32.6 Å². The van der Waals surface area contributed by atoms with Crippen molar-refractivity contribution in [3.8, 4) is 35.7 Å². The van der Waals surface area contributed by atoms with Gasteiger partial charge in [-0.15, -0.1) is 6.42 Å². The smallest absolute Gasteiger partial charge is 0.282 e. The molecule has 0 atom stereocenters. The number of rotatable bonds is 2. The van der Waals surface area contributed by atoms with Crippen LogP contribution in [0.1, 0.15) is 33.5 Å². The molecule has 0 saturated carbocycles. The molecular weight excluding hydrogens is 683 g/mol. The molecule has 1 aromatic carbocycles. The van der Waals surface area contributed by atoms with Gasteiger partial charge in [-0.25, -0.2) is 20.3 Å².